The number of ether oxygens (including phenoxy) is 2. The molecule has 1 aliphatic heterocycles. The lowest BCUT2D eigenvalue weighted by atomic mass is 10.2. The zero-order valence-electron chi connectivity index (χ0n) is 18.0. The second kappa shape index (κ2) is 13.6. The number of hydrogen-bond donors (Lipinski definition) is 2. The van der Waals surface area contributed by atoms with E-state index in [0.717, 1.165) is 55.9 Å². The number of halogens is 2. The molecule has 0 spiro atoms. The Kier molecular flexibility index (Phi) is 11.2. The van der Waals surface area contributed by atoms with E-state index in [1.807, 2.05) is 50.4 Å². The number of guanidine groups is 1. The van der Waals surface area contributed by atoms with E-state index < -0.39 is 0 Å². The monoisotopic (exact) mass is 559 g/mol. The van der Waals surface area contributed by atoms with Crippen molar-refractivity contribution in [2.75, 3.05) is 44.3 Å². The molecule has 0 aliphatic carbocycles. The minimum Gasteiger partial charge on any atom is -0.489 e. The van der Waals surface area contributed by atoms with Crippen LogP contribution in [0.4, 0.5) is 5.82 Å². The second-order valence-electron chi connectivity index (χ2n) is 7.04. The Hall–Kier alpha value is -1.78. The largest absolute Gasteiger partial charge is 0.489 e. The fourth-order valence-electron chi connectivity index (χ4n) is 3.15. The molecule has 170 valence electrons. The van der Waals surface area contributed by atoms with E-state index in [0.29, 0.717) is 18.1 Å². The van der Waals surface area contributed by atoms with E-state index in [4.69, 9.17) is 26.1 Å². The number of pyridine rings is 1. The molecule has 1 unspecified atom stereocenters. The molecule has 1 fully saturated rings. The molecule has 3 rings (SSSR count). The topological polar surface area (TPSA) is 71.0 Å². The number of benzene rings is 1. The van der Waals surface area contributed by atoms with Gasteiger partial charge in [0.15, 0.2) is 5.96 Å². The van der Waals surface area contributed by atoms with Crippen LogP contribution in [0.5, 0.6) is 5.75 Å². The van der Waals surface area contributed by atoms with Crippen LogP contribution in [-0.4, -0.2) is 56.4 Å². The summed E-state index contributed by atoms with van der Waals surface area (Å²) in [5.41, 5.74) is 1.10. The first-order chi connectivity index (χ1) is 14.7. The molecule has 0 saturated carbocycles. The average molecular weight is 560 g/mol. The number of anilines is 1. The number of nitrogens with one attached hydrogen (secondary N) is 2. The van der Waals surface area contributed by atoms with Crippen molar-refractivity contribution in [1.82, 2.24) is 15.6 Å². The molecule has 0 bridgehead atoms. The first kappa shape index (κ1) is 25.5. The maximum atomic E-state index is 5.93. The lowest BCUT2D eigenvalue weighted by Gasteiger charge is -2.29. The highest BCUT2D eigenvalue weighted by Crippen LogP contribution is 2.19. The molecule has 0 radical (unpaired) electrons. The van der Waals surface area contributed by atoms with Gasteiger partial charge in [-0.05, 0) is 44.2 Å². The Labute approximate surface area is 206 Å². The second-order valence-corrected chi connectivity index (χ2v) is 7.48. The summed E-state index contributed by atoms with van der Waals surface area (Å²) in [6.07, 6.45) is 1.80. The van der Waals surface area contributed by atoms with Crippen molar-refractivity contribution in [1.29, 1.82) is 0 Å². The predicted molar refractivity (Wildman–Crippen MR) is 137 cm³/mol. The highest BCUT2D eigenvalue weighted by atomic mass is 127. The van der Waals surface area contributed by atoms with Crippen LogP contribution in [0.15, 0.2) is 47.6 Å². The number of nitrogens with zero attached hydrogens (tertiary/aromatic N) is 3. The Bertz CT molecular complexity index is 816. The highest BCUT2D eigenvalue weighted by Gasteiger charge is 2.15. The van der Waals surface area contributed by atoms with Crippen molar-refractivity contribution in [3.05, 3.63) is 53.2 Å². The minimum absolute atomic E-state index is 0. The fraction of sp³-hybridized carbons (Fsp3) is 0.455. The van der Waals surface area contributed by atoms with Gasteiger partial charge in [0.05, 0.1) is 26.3 Å². The predicted octanol–water partition coefficient (Wildman–Crippen LogP) is 3.71. The van der Waals surface area contributed by atoms with Gasteiger partial charge in [0.1, 0.15) is 17.7 Å². The van der Waals surface area contributed by atoms with Crippen molar-refractivity contribution in [2.24, 2.45) is 4.99 Å². The van der Waals surface area contributed by atoms with Gasteiger partial charge in [0.25, 0.3) is 0 Å². The average Bonchev–Trinajstić information content (AvgIpc) is 2.78. The number of aliphatic imine (C=N–C) groups is 1. The van der Waals surface area contributed by atoms with Gasteiger partial charge in [-0.3, -0.25) is 0 Å². The Morgan fingerprint density at radius 1 is 1.23 bits per heavy atom. The van der Waals surface area contributed by atoms with Crippen LogP contribution in [0, 0.1) is 0 Å². The molecule has 2 N–H and O–H groups in total. The smallest absolute Gasteiger partial charge is 0.191 e. The molecule has 0 amide bonds. The maximum absolute atomic E-state index is 5.93. The molecule has 2 heterocycles. The molecule has 1 aromatic carbocycles. The molecule has 1 aliphatic rings. The summed E-state index contributed by atoms with van der Waals surface area (Å²) < 4.78 is 11.4. The summed E-state index contributed by atoms with van der Waals surface area (Å²) in [6, 6.07) is 11.4. The molecule has 1 saturated heterocycles. The summed E-state index contributed by atoms with van der Waals surface area (Å²) in [5.74, 6) is 2.53. The SMILES string of the molecule is CCNC(=NCc1cccnc1N1CCOCC1)NCC(C)Oc1ccc(Cl)cc1.I. The van der Waals surface area contributed by atoms with Crippen molar-refractivity contribution in [3.63, 3.8) is 0 Å². The van der Waals surface area contributed by atoms with Gasteiger partial charge in [-0.25, -0.2) is 9.98 Å². The van der Waals surface area contributed by atoms with Gasteiger partial charge in [0, 0.05) is 36.4 Å². The first-order valence-corrected chi connectivity index (χ1v) is 10.7. The minimum atomic E-state index is -0.0302. The van der Waals surface area contributed by atoms with Gasteiger partial charge < -0.3 is 25.0 Å². The van der Waals surface area contributed by atoms with Crippen molar-refractivity contribution < 1.29 is 9.47 Å². The van der Waals surface area contributed by atoms with E-state index in [1.54, 1.807) is 0 Å². The van der Waals surface area contributed by atoms with Gasteiger partial charge in [-0.15, -0.1) is 24.0 Å². The van der Waals surface area contributed by atoms with Crippen LogP contribution >= 0.6 is 35.6 Å². The van der Waals surface area contributed by atoms with Crippen molar-refractivity contribution in [3.8, 4) is 5.75 Å². The Morgan fingerprint density at radius 2 is 1.97 bits per heavy atom. The number of hydrogen-bond acceptors (Lipinski definition) is 5. The van der Waals surface area contributed by atoms with E-state index in [9.17, 15) is 0 Å². The molecular weight excluding hydrogens is 529 g/mol. The van der Waals surface area contributed by atoms with Gasteiger partial charge in [0.2, 0.25) is 0 Å². The lowest BCUT2D eigenvalue weighted by Crippen LogP contribution is -2.41. The van der Waals surface area contributed by atoms with Gasteiger partial charge >= 0.3 is 0 Å². The third-order valence-electron chi connectivity index (χ3n) is 4.64. The molecule has 7 nitrogen and oxygen atoms in total. The lowest BCUT2D eigenvalue weighted by molar-refractivity contribution is 0.122. The molecule has 31 heavy (non-hydrogen) atoms. The molecule has 9 heteroatoms. The van der Waals surface area contributed by atoms with E-state index in [-0.39, 0.29) is 30.1 Å². The van der Waals surface area contributed by atoms with Crippen molar-refractivity contribution >= 4 is 47.4 Å². The third kappa shape index (κ3) is 8.34. The van der Waals surface area contributed by atoms with Gasteiger partial charge in [-0.1, -0.05) is 17.7 Å². The number of aromatic nitrogens is 1. The Balaban J connectivity index is 0.00000341. The summed E-state index contributed by atoms with van der Waals surface area (Å²) in [5, 5.41) is 7.34. The Morgan fingerprint density at radius 3 is 2.68 bits per heavy atom. The fourth-order valence-corrected chi connectivity index (χ4v) is 3.27. The molecule has 1 aromatic heterocycles. The van der Waals surface area contributed by atoms with E-state index >= 15 is 0 Å². The summed E-state index contributed by atoms with van der Waals surface area (Å²) in [7, 11) is 0. The number of rotatable bonds is 8. The molecule has 2 aromatic rings. The quantitative estimate of drug-likeness (QED) is 0.292. The first-order valence-electron chi connectivity index (χ1n) is 10.4. The van der Waals surface area contributed by atoms with Crippen LogP contribution in [-0.2, 0) is 11.3 Å². The van der Waals surface area contributed by atoms with Crippen LogP contribution in [0.25, 0.3) is 0 Å². The molecular formula is C22H31ClIN5O2. The molecule has 1 atom stereocenters. The summed E-state index contributed by atoms with van der Waals surface area (Å²) >= 11 is 5.93. The zero-order valence-corrected chi connectivity index (χ0v) is 21.1. The van der Waals surface area contributed by atoms with Gasteiger partial charge in [-0.2, -0.15) is 0 Å². The summed E-state index contributed by atoms with van der Waals surface area (Å²) in [6.45, 7) is 9.18. The van der Waals surface area contributed by atoms with Crippen LogP contribution in [0.1, 0.15) is 19.4 Å². The van der Waals surface area contributed by atoms with Crippen LogP contribution in [0.3, 0.4) is 0 Å². The van der Waals surface area contributed by atoms with E-state index in [2.05, 4.69) is 26.6 Å². The zero-order chi connectivity index (χ0) is 21.2. The maximum Gasteiger partial charge on any atom is 0.191 e. The van der Waals surface area contributed by atoms with Crippen LogP contribution in [0.2, 0.25) is 5.02 Å². The van der Waals surface area contributed by atoms with Crippen LogP contribution < -0.4 is 20.3 Å². The standard InChI is InChI=1S/C22H30ClN5O2.HI/c1-3-24-22(26-15-17(2)30-20-8-6-19(23)7-9-20)27-16-18-5-4-10-25-21(18)28-11-13-29-14-12-28;/h4-10,17H,3,11-16H2,1-2H3,(H2,24,26,27);1H. The normalized spacial score (nSPS) is 15.1. The van der Waals surface area contributed by atoms with Crippen molar-refractivity contribution in [2.45, 2.75) is 26.5 Å². The van der Waals surface area contributed by atoms with E-state index in [1.165, 1.54) is 0 Å². The highest BCUT2D eigenvalue weighted by molar-refractivity contribution is 14.0. The number of morpholine rings is 1. The third-order valence-corrected chi connectivity index (χ3v) is 4.89. The summed E-state index contributed by atoms with van der Waals surface area (Å²) in [4.78, 5) is 11.6.